The van der Waals surface area contributed by atoms with E-state index in [-0.39, 0.29) is 19.0 Å². The first kappa shape index (κ1) is 8.93. The zero-order chi connectivity index (χ0) is 8.48. The molecule has 1 fully saturated rings. The predicted octanol–water partition coefficient (Wildman–Crippen LogP) is -0.760. The van der Waals surface area contributed by atoms with E-state index in [1.54, 1.807) is 0 Å². The summed E-state index contributed by atoms with van der Waals surface area (Å²) in [4.78, 5) is 3.80. The second-order valence-electron chi connectivity index (χ2n) is 3.61. The van der Waals surface area contributed by atoms with Gasteiger partial charge in [0.15, 0.2) is 0 Å². The molecule has 0 aromatic carbocycles. The molecular weight excluding hydrogens is 144 g/mol. The number of nitrogens with zero attached hydrogens (tertiary/aromatic N) is 2. The molecule has 4 heteroatoms. The Hall–Kier alpha value is -0.160. The van der Waals surface area contributed by atoms with Gasteiger partial charge in [-0.2, -0.15) is 0 Å². The lowest BCUT2D eigenvalue weighted by Crippen LogP contribution is -2.40. The Balaban J connectivity index is 2.55. The van der Waals surface area contributed by atoms with Crippen molar-refractivity contribution in [3.8, 4) is 0 Å². The van der Waals surface area contributed by atoms with E-state index in [0.717, 1.165) is 6.54 Å². The molecule has 66 valence electrons. The summed E-state index contributed by atoms with van der Waals surface area (Å²) in [6, 6.07) is 0. The third-order valence-corrected chi connectivity index (χ3v) is 2.21. The van der Waals surface area contributed by atoms with Crippen LogP contribution in [0, 0.1) is 0 Å². The van der Waals surface area contributed by atoms with Gasteiger partial charge in [-0.15, -0.1) is 0 Å². The third kappa shape index (κ3) is 1.70. The zero-order valence-corrected chi connectivity index (χ0v) is 7.12. The van der Waals surface area contributed by atoms with Crippen molar-refractivity contribution in [3.63, 3.8) is 0 Å². The normalized spacial score (nSPS) is 26.2. The Labute approximate surface area is 67.0 Å². The number of aliphatic hydroxyl groups excluding tert-OH is 2. The first-order valence-electron chi connectivity index (χ1n) is 3.79. The van der Waals surface area contributed by atoms with Crippen LogP contribution in [-0.4, -0.2) is 52.2 Å². The van der Waals surface area contributed by atoms with E-state index in [1.165, 1.54) is 0 Å². The summed E-state index contributed by atoms with van der Waals surface area (Å²) in [7, 11) is 0. The van der Waals surface area contributed by atoms with Gasteiger partial charge in [0.25, 0.3) is 0 Å². The zero-order valence-electron chi connectivity index (χ0n) is 7.12. The molecule has 0 saturated carbocycles. The highest BCUT2D eigenvalue weighted by Crippen LogP contribution is 2.21. The lowest BCUT2D eigenvalue weighted by Gasteiger charge is -2.27. The fraction of sp³-hybridized carbons (Fsp3) is 1.00. The summed E-state index contributed by atoms with van der Waals surface area (Å²) in [5.41, 5.74) is -0.0164. The van der Waals surface area contributed by atoms with E-state index in [4.69, 9.17) is 10.2 Å². The molecule has 2 N–H and O–H groups in total. The molecule has 1 heterocycles. The second-order valence-corrected chi connectivity index (χ2v) is 3.61. The summed E-state index contributed by atoms with van der Waals surface area (Å²) >= 11 is 0. The Morgan fingerprint density at radius 1 is 1.27 bits per heavy atom. The van der Waals surface area contributed by atoms with Gasteiger partial charge in [-0.3, -0.25) is 9.80 Å². The third-order valence-electron chi connectivity index (χ3n) is 2.21. The minimum atomic E-state index is -0.0164. The molecule has 1 saturated heterocycles. The lowest BCUT2D eigenvalue weighted by molar-refractivity contribution is 0.0459. The van der Waals surface area contributed by atoms with Crippen molar-refractivity contribution in [2.24, 2.45) is 0 Å². The van der Waals surface area contributed by atoms with E-state index < -0.39 is 0 Å². The van der Waals surface area contributed by atoms with Crippen LogP contribution >= 0.6 is 0 Å². The minimum Gasteiger partial charge on any atom is -0.381 e. The highest BCUT2D eigenvalue weighted by atomic mass is 16.3. The quantitative estimate of drug-likeness (QED) is 0.557. The van der Waals surface area contributed by atoms with Gasteiger partial charge in [0.05, 0.1) is 20.1 Å². The van der Waals surface area contributed by atoms with Gasteiger partial charge >= 0.3 is 0 Å². The molecule has 0 spiro atoms. The monoisotopic (exact) mass is 160 g/mol. The van der Waals surface area contributed by atoms with Crippen LogP contribution in [0.4, 0.5) is 0 Å². The Kier molecular flexibility index (Phi) is 2.49. The van der Waals surface area contributed by atoms with Gasteiger partial charge in [-0.05, 0) is 13.8 Å². The van der Waals surface area contributed by atoms with Gasteiger partial charge in [-0.1, -0.05) is 0 Å². The SMILES string of the molecule is CC1(C)CN(CO)CN1CO. The molecule has 0 radical (unpaired) electrons. The number of aliphatic hydroxyl groups is 2. The van der Waals surface area contributed by atoms with E-state index in [2.05, 4.69) is 13.8 Å². The smallest absolute Gasteiger partial charge is 0.0971 e. The molecule has 0 aliphatic carbocycles. The van der Waals surface area contributed by atoms with Crippen molar-refractivity contribution in [1.82, 2.24) is 9.80 Å². The van der Waals surface area contributed by atoms with Crippen LogP contribution in [0.5, 0.6) is 0 Å². The van der Waals surface area contributed by atoms with Crippen LogP contribution in [-0.2, 0) is 0 Å². The molecule has 0 unspecified atom stereocenters. The number of rotatable bonds is 2. The van der Waals surface area contributed by atoms with Crippen LogP contribution in [0.15, 0.2) is 0 Å². The predicted molar refractivity (Wildman–Crippen MR) is 41.7 cm³/mol. The molecule has 1 aliphatic rings. The first-order valence-corrected chi connectivity index (χ1v) is 3.79. The van der Waals surface area contributed by atoms with E-state index >= 15 is 0 Å². The maximum absolute atomic E-state index is 8.93. The Morgan fingerprint density at radius 3 is 2.18 bits per heavy atom. The maximum Gasteiger partial charge on any atom is 0.0971 e. The summed E-state index contributed by atoms with van der Waals surface area (Å²) in [5.74, 6) is 0. The summed E-state index contributed by atoms with van der Waals surface area (Å²) < 4.78 is 0. The molecule has 0 amide bonds. The van der Waals surface area contributed by atoms with E-state index in [1.807, 2.05) is 9.80 Å². The standard InChI is InChI=1S/C7H16N2O2/c1-7(2)3-8(5-10)4-9(7)6-11/h10-11H,3-6H2,1-2H3. The molecule has 0 atom stereocenters. The fourth-order valence-electron chi connectivity index (χ4n) is 1.46. The Morgan fingerprint density at radius 2 is 1.91 bits per heavy atom. The fourth-order valence-corrected chi connectivity index (χ4v) is 1.46. The largest absolute Gasteiger partial charge is 0.381 e. The van der Waals surface area contributed by atoms with Gasteiger partial charge in [-0.25, -0.2) is 0 Å². The molecule has 1 rings (SSSR count). The molecule has 4 nitrogen and oxygen atoms in total. The topological polar surface area (TPSA) is 46.9 Å². The van der Waals surface area contributed by atoms with Crippen molar-refractivity contribution in [1.29, 1.82) is 0 Å². The average molecular weight is 160 g/mol. The van der Waals surface area contributed by atoms with Crippen molar-refractivity contribution in [2.45, 2.75) is 19.4 Å². The van der Waals surface area contributed by atoms with Gasteiger partial charge in [0.1, 0.15) is 0 Å². The van der Waals surface area contributed by atoms with Crippen LogP contribution < -0.4 is 0 Å². The molecule has 1 aliphatic heterocycles. The molecule has 0 aromatic heterocycles. The van der Waals surface area contributed by atoms with Crippen molar-refractivity contribution in [3.05, 3.63) is 0 Å². The van der Waals surface area contributed by atoms with E-state index in [0.29, 0.717) is 6.67 Å². The first-order chi connectivity index (χ1) is 5.10. The van der Waals surface area contributed by atoms with Gasteiger partial charge in [0, 0.05) is 12.1 Å². The van der Waals surface area contributed by atoms with Crippen LogP contribution in [0.25, 0.3) is 0 Å². The van der Waals surface area contributed by atoms with Crippen LogP contribution in [0.2, 0.25) is 0 Å². The Bertz CT molecular complexity index is 138. The van der Waals surface area contributed by atoms with Gasteiger partial charge in [0.2, 0.25) is 0 Å². The van der Waals surface area contributed by atoms with E-state index in [9.17, 15) is 0 Å². The minimum absolute atomic E-state index is 0.0164. The average Bonchev–Trinajstić information content (AvgIpc) is 2.24. The summed E-state index contributed by atoms with van der Waals surface area (Å²) in [6.07, 6.45) is 0. The highest BCUT2D eigenvalue weighted by molar-refractivity contribution is 4.88. The van der Waals surface area contributed by atoms with Crippen LogP contribution in [0.1, 0.15) is 13.8 Å². The summed E-state index contributed by atoms with van der Waals surface area (Å²) in [5, 5.41) is 17.8. The van der Waals surface area contributed by atoms with Crippen molar-refractivity contribution >= 4 is 0 Å². The number of hydrogen-bond donors (Lipinski definition) is 2. The number of hydrogen-bond acceptors (Lipinski definition) is 4. The van der Waals surface area contributed by atoms with Crippen molar-refractivity contribution in [2.75, 3.05) is 26.7 Å². The molecule has 0 aromatic rings. The van der Waals surface area contributed by atoms with Gasteiger partial charge < -0.3 is 10.2 Å². The van der Waals surface area contributed by atoms with Crippen molar-refractivity contribution < 1.29 is 10.2 Å². The molecule has 0 bridgehead atoms. The lowest BCUT2D eigenvalue weighted by atomic mass is 10.1. The second kappa shape index (κ2) is 3.06. The maximum atomic E-state index is 8.93. The molecule has 11 heavy (non-hydrogen) atoms. The molecular formula is C7H16N2O2. The highest BCUT2D eigenvalue weighted by Gasteiger charge is 2.35. The summed E-state index contributed by atoms with van der Waals surface area (Å²) in [6.45, 7) is 5.70. The van der Waals surface area contributed by atoms with Crippen LogP contribution in [0.3, 0.4) is 0 Å².